The number of nitrogen functional groups attached to an aromatic ring is 1. The number of rotatable bonds is 3. The van der Waals surface area contributed by atoms with Crippen molar-refractivity contribution in [2.24, 2.45) is 0 Å². The van der Waals surface area contributed by atoms with Gasteiger partial charge in [-0.3, -0.25) is 4.79 Å². The summed E-state index contributed by atoms with van der Waals surface area (Å²) >= 11 is 0. The minimum Gasteiger partial charge on any atom is -0.397 e. The highest BCUT2D eigenvalue weighted by atomic mass is 16.1. The Morgan fingerprint density at radius 3 is 3.14 bits per heavy atom. The van der Waals surface area contributed by atoms with Crippen molar-refractivity contribution in [2.45, 2.75) is 25.3 Å². The first-order valence-corrected chi connectivity index (χ1v) is 7.36. The molecule has 0 spiro atoms. The lowest BCUT2D eigenvalue weighted by molar-refractivity contribution is 0.194. The number of aromatic nitrogens is 2. The number of hydrogen-bond donors (Lipinski definition) is 3. The number of likely N-dealkylation sites (tertiary alicyclic amines) is 1. The van der Waals surface area contributed by atoms with E-state index in [-0.39, 0.29) is 5.56 Å². The molecule has 3 rings (SSSR count). The van der Waals surface area contributed by atoms with Gasteiger partial charge in [0.25, 0.3) is 5.56 Å². The molecule has 2 heterocycles. The molecule has 0 aliphatic carbocycles. The highest BCUT2D eigenvalue weighted by molar-refractivity contribution is 5.88. The van der Waals surface area contributed by atoms with Gasteiger partial charge in [-0.15, -0.1) is 0 Å². The van der Waals surface area contributed by atoms with Gasteiger partial charge in [-0.25, -0.2) is 4.98 Å². The van der Waals surface area contributed by atoms with Crippen molar-refractivity contribution in [3.05, 3.63) is 28.8 Å². The van der Waals surface area contributed by atoms with Crippen molar-refractivity contribution >= 4 is 22.3 Å². The SMILES string of the molecule is CN1CCCCC1CNc1cc2nc[nH]c(=O)c2cc1N. The van der Waals surface area contributed by atoms with Gasteiger partial charge >= 0.3 is 0 Å². The predicted molar refractivity (Wildman–Crippen MR) is 85.5 cm³/mol. The van der Waals surface area contributed by atoms with Gasteiger partial charge in [-0.1, -0.05) is 6.42 Å². The normalized spacial score (nSPS) is 19.8. The summed E-state index contributed by atoms with van der Waals surface area (Å²) in [5.41, 5.74) is 7.98. The summed E-state index contributed by atoms with van der Waals surface area (Å²) in [6, 6.07) is 4.07. The fraction of sp³-hybridized carbons (Fsp3) is 0.467. The average molecular weight is 287 g/mol. The predicted octanol–water partition coefficient (Wildman–Crippen LogP) is 1.40. The van der Waals surface area contributed by atoms with E-state index in [1.165, 1.54) is 25.6 Å². The topological polar surface area (TPSA) is 87.0 Å². The molecule has 4 N–H and O–H groups in total. The van der Waals surface area contributed by atoms with Crippen LogP contribution >= 0.6 is 0 Å². The molecule has 2 aromatic rings. The van der Waals surface area contributed by atoms with Crippen LogP contribution in [0, 0.1) is 0 Å². The van der Waals surface area contributed by atoms with Crippen LogP contribution in [-0.4, -0.2) is 41.0 Å². The van der Waals surface area contributed by atoms with Gasteiger partial charge in [0.15, 0.2) is 0 Å². The molecule has 1 aliphatic heterocycles. The van der Waals surface area contributed by atoms with Crippen LogP contribution < -0.4 is 16.6 Å². The number of likely N-dealkylation sites (N-methyl/N-ethyl adjacent to an activating group) is 1. The van der Waals surface area contributed by atoms with Gasteiger partial charge in [0.1, 0.15) is 0 Å². The monoisotopic (exact) mass is 287 g/mol. The van der Waals surface area contributed by atoms with Crippen LogP contribution in [0.4, 0.5) is 11.4 Å². The minimum absolute atomic E-state index is 0.162. The standard InChI is InChI=1S/C15H21N5O/c1-20-5-3-2-4-10(20)8-17-14-7-13-11(6-12(14)16)15(21)19-9-18-13/h6-7,9-10,17H,2-5,8,16H2,1H3,(H,18,19,21). The Balaban J connectivity index is 1.80. The first kappa shape index (κ1) is 13.9. The number of nitrogens with zero attached hydrogens (tertiary/aromatic N) is 2. The molecule has 0 bridgehead atoms. The third-order valence-corrected chi connectivity index (χ3v) is 4.26. The highest BCUT2D eigenvalue weighted by Gasteiger charge is 2.18. The Morgan fingerprint density at radius 1 is 1.48 bits per heavy atom. The fourth-order valence-electron chi connectivity index (χ4n) is 2.91. The lowest BCUT2D eigenvalue weighted by atomic mass is 10.0. The molecule has 0 saturated carbocycles. The number of benzene rings is 1. The molecule has 6 heteroatoms. The Labute approximate surface area is 123 Å². The summed E-state index contributed by atoms with van der Waals surface area (Å²) in [7, 11) is 2.16. The number of hydrogen-bond acceptors (Lipinski definition) is 5. The van der Waals surface area contributed by atoms with E-state index in [4.69, 9.17) is 5.73 Å². The van der Waals surface area contributed by atoms with Gasteiger partial charge in [0, 0.05) is 12.6 Å². The van der Waals surface area contributed by atoms with Crippen LogP contribution in [0.1, 0.15) is 19.3 Å². The fourth-order valence-corrected chi connectivity index (χ4v) is 2.91. The number of nitrogens with two attached hydrogens (primary N) is 1. The molecule has 1 aromatic heterocycles. The molecule has 112 valence electrons. The summed E-state index contributed by atoms with van der Waals surface area (Å²) < 4.78 is 0. The van der Waals surface area contributed by atoms with Crippen LogP contribution in [0.15, 0.2) is 23.3 Å². The second-order valence-corrected chi connectivity index (χ2v) is 5.70. The van der Waals surface area contributed by atoms with Crippen molar-refractivity contribution in [1.82, 2.24) is 14.9 Å². The van der Waals surface area contributed by atoms with Gasteiger partial charge in [0.05, 0.1) is 28.6 Å². The maximum absolute atomic E-state index is 11.7. The Kier molecular flexibility index (Phi) is 3.79. The van der Waals surface area contributed by atoms with Crippen LogP contribution in [-0.2, 0) is 0 Å². The van der Waals surface area contributed by atoms with Gasteiger partial charge in [-0.05, 0) is 38.6 Å². The van der Waals surface area contributed by atoms with E-state index in [9.17, 15) is 4.79 Å². The molecule has 1 unspecified atom stereocenters. The lowest BCUT2D eigenvalue weighted by Crippen LogP contribution is -2.40. The molecule has 6 nitrogen and oxygen atoms in total. The molecule has 1 aliphatic rings. The number of piperidine rings is 1. The highest BCUT2D eigenvalue weighted by Crippen LogP contribution is 2.24. The largest absolute Gasteiger partial charge is 0.397 e. The zero-order chi connectivity index (χ0) is 14.8. The van der Waals surface area contributed by atoms with Crippen LogP contribution in [0.2, 0.25) is 0 Å². The van der Waals surface area contributed by atoms with E-state index >= 15 is 0 Å². The lowest BCUT2D eigenvalue weighted by Gasteiger charge is -2.32. The molecular weight excluding hydrogens is 266 g/mol. The maximum atomic E-state index is 11.7. The Morgan fingerprint density at radius 2 is 2.33 bits per heavy atom. The zero-order valence-corrected chi connectivity index (χ0v) is 12.2. The van der Waals surface area contributed by atoms with Crippen molar-refractivity contribution in [1.29, 1.82) is 0 Å². The van der Waals surface area contributed by atoms with Crippen LogP contribution in [0.25, 0.3) is 10.9 Å². The van der Waals surface area contributed by atoms with E-state index in [2.05, 4.69) is 27.2 Å². The average Bonchev–Trinajstić information content (AvgIpc) is 2.48. The third-order valence-electron chi connectivity index (χ3n) is 4.26. The molecule has 21 heavy (non-hydrogen) atoms. The molecule has 0 amide bonds. The number of H-pyrrole nitrogens is 1. The number of anilines is 2. The summed E-state index contributed by atoms with van der Waals surface area (Å²) in [6.07, 6.45) is 5.17. The second kappa shape index (κ2) is 5.73. The van der Waals surface area contributed by atoms with E-state index in [1.54, 1.807) is 6.07 Å². The Bertz CT molecular complexity index is 696. The first-order valence-electron chi connectivity index (χ1n) is 7.36. The quantitative estimate of drug-likeness (QED) is 0.743. The van der Waals surface area contributed by atoms with E-state index in [0.29, 0.717) is 22.6 Å². The summed E-state index contributed by atoms with van der Waals surface area (Å²) in [4.78, 5) is 20.9. The first-order chi connectivity index (χ1) is 10.1. The zero-order valence-electron chi connectivity index (χ0n) is 12.2. The van der Waals surface area contributed by atoms with Crippen LogP contribution in [0.5, 0.6) is 0 Å². The van der Waals surface area contributed by atoms with E-state index < -0.39 is 0 Å². The molecule has 1 fully saturated rings. The van der Waals surface area contributed by atoms with Gasteiger partial charge < -0.3 is 20.9 Å². The maximum Gasteiger partial charge on any atom is 0.258 e. The Hall–Kier alpha value is -2.08. The van der Waals surface area contributed by atoms with Crippen molar-refractivity contribution in [2.75, 3.05) is 31.2 Å². The van der Waals surface area contributed by atoms with E-state index in [1.807, 2.05) is 6.07 Å². The number of fused-ring (bicyclic) bond motifs is 1. The molecule has 1 aromatic carbocycles. The number of nitrogens with one attached hydrogen (secondary N) is 2. The van der Waals surface area contributed by atoms with Crippen molar-refractivity contribution in [3.8, 4) is 0 Å². The van der Waals surface area contributed by atoms with Crippen molar-refractivity contribution in [3.63, 3.8) is 0 Å². The van der Waals surface area contributed by atoms with Gasteiger partial charge in [0.2, 0.25) is 0 Å². The molecular formula is C15H21N5O. The van der Waals surface area contributed by atoms with Crippen LogP contribution in [0.3, 0.4) is 0 Å². The summed E-state index contributed by atoms with van der Waals surface area (Å²) in [5, 5.41) is 3.93. The minimum atomic E-state index is -0.162. The summed E-state index contributed by atoms with van der Waals surface area (Å²) in [6.45, 7) is 2.01. The van der Waals surface area contributed by atoms with Crippen molar-refractivity contribution < 1.29 is 0 Å². The molecule has 1 saturated heterocycles. The summed E-state index contributed by atoms with van der Waals surface area (Å²) in [5.74, 6) is 0. The number of aromatic amines is 1. The van der Waals surface area contributed by atoms with E-state index in [0.717, 1.165) is 18.8 Å². The smallest absolute Gasteiger partial charge is 0.258 e. The molecule has 1 atom stereocenters. The molecule has 0 radical (unpaired) electrons. The van der Waals surface area contributed by atoms with Gasteiger partial charge in [-0.2, -0.15) is 0 Å². The third kappa shape index (κ3) is 2.85. The second-order valence-electron chi connectivity index (χ2n) is 5.70.